The second-order valence-corrected chi connectivity index (χ2v) is 6.40. The Morgan fingerprint density at radius 2 is 1.67 bits per heavy atom. The molecule has 2 N–H and O–H groups in total. The van der Waals surface area contributed by atoms with Crippen LogP contribution in [-0.2, 0) is 16.0 Å². The second-order valence-electron chi connectivity index (χ2n) is 6.40. The van der Waals surface area contributed by atoms with Crippen molar-refractivity contribution in [1.82, 2.24) is 4.98 Å². The molecular weight excluding hydrogens is 304 g/mol. The van der Waals surface area contributed by atoms with Crippen molar-refractivity contribution in [3.05, 3.63) is 44.7 Å². The lowest BCUT2D eigenvalue weighted by molar-refractivity contribution is -0.914. The molecule has 0 radical (unpaired) electrons. The van der Waals surface area contributed by atoms with Crippen LogP contribution >= 0.6 is 0 Å². The summed E-state index contributed by atoms with van der Waals surface area (Å²) < 4.78 is 10.4. The van der Waals surface area contributed by atoms with Crippen LogP contribution in [0.25, 0.3) is 10.9 Å². The number of benzene rings is 1. The van der Waals surface area contributed by atoms with E-state index < -0.39 is 0 Å². The van der Waals surface area contributed by atoms with Gasteiger partial charge >= 0.3 is 0 Å². The van der Waals surface area contributed by atoms with Gasteiger partial charge in [0.1, 0.15) is 19.6 Å². The molecule has 0 fully saturated rings. The zero-order valence-electron chi connectivity index (χ0n) is 15.4. The molecule has 24 heavy (non-hydrogen) atoms. The van der Waals surface area contributed by atoms with E-state index in [1.807, 2.05) is 19.1 Å². The van der Waals surface area contributed by atoms with Crippen LogP contribution in [0.2, 0.25) is 0 Å². The number of fused-ring (bicyclic) bond motifs is 1. The molecule has 132 valence electrons. The highest BCUT2D eigenvalue weighted by Gasteiger charge is 2.17. The van der Waals surface area contributed by atoms with Gasteiger partial charge in [-0.15, -0.1) is 0 Å². The largest absolute Gasteiger partial charge is 0.379 e. The van der Waals surface area contributed by atoms with E-state index in [1.165, 1.54) is 10.5 Å². The molecule has 0 aliphatic heterocycles. The molecule has 0 aliphatic carbocycles. The average Bonchev–Trinajstić information content (AvgIpc) is 2.57. The minimum Gasteiger partial charge on any atom is -0.379 e. The highest BCUT2D eigenvalue weighted by atomic mass is 16.5. The fourth-order valence-corrected chi connectivity index (χ4v) is 3.02. The lowest BCUT2D eigenvalue weighted by atomic mass is 10.0. The Bertz CT molecular complexity index is 744. The first kappa shape index (κ1) is 18.6. The van der Waals surface area contributed by atoms with E-state index in [2.05, 4.69) is 18.8 Å². The Morgan fingerprint density at radius 3 is 2.25 bits per heavy atom. The predicted octanol–water partition coefficient (Wildman–Crippen LogP) is 1.13. The summed E-state index contributed by atoms with van der Waals surface area (Å²) in [6.45, 7) is 9.83. The Hall–Kier alpha value is -1.69. The van der Waals surface area contributed by atoms with Gasteiger partial charge in [0, 0.05) is 25.3 Å². The molecule has 0 saturated carbocycles. The Kier molecular flexibility index (Phi) is 6.54. The van der Waals surface area contributed by atoms with Crippen LogP contribution in [0.1, 0.15) is 22.4 Å². The minimum atomic E-state index is 0.136. The van der Waals surface area contributed by atoms with Gasteiger partial charge in [0.25, 0.3) is 0 Å². The zero-order chi connectivity index (χ0) is 17.7. The van der Waals surface area contributed by atoms with Gasteiger partial charge in [-0.1, -0.05) is 6.07 Å². The molecule has 1 heterocycles. The Morgan fingerprint density at radius 1 is 1.04 bits per heavy atom. The molecule has 2 rings (SSSR count). The SMILES string of the molecule is COCC[NH+](CCOC)Cc1c(C)[nH]c2c(C)c(C)ccc2c1=O. The summed E-state index contributed by atoms with van der Waals surface area (Å²) in [5.41, 5.74) is 5.23. The van der Waals surface area contributed by atoms with Crippen molar-refractivity contribution in [2.24, 2.45) is 0 Å². The van der Waals surface area contributed by atoms with E-state index in [1.54, 1.807) is 14.2 Å². The summed E-state index contributed by atoms with van der Waals surface area (Å²) in [6, 6.07) is 3.95. The van der Waals surface area contributed by atoms with Gasteiger partial charge in [0.05, 0.1) is 24.3 Å². The topological polar surface area (TPSA) is 55.8 Å². The third-order valence-corrected chi connectivity index (χ3v) is 4.77. The molecule has 0 bridgehead atoms. The Labute approximate surface area is 143 Å². The number of hydrogen-bond donors (Lipinski definition) is 2. The minimum absolute atomic E-state index is 0.136. The van der Waals surface area contributed by atoms with E-state index in [-0.39, 0.29) is 5.43 Å². The quantitative estimate of drug-likeness (QED) is 0.761. The fourth-order valence-electron chi connectivity index (χ4n) is 3.02. The molecule has 0 atom stereocenters. The van der Waals surface area contributed by atoms with E-state index in [0.29, 0.717) is 19.8 Å². The molecule has 5 nitrogen and oxygen atoms in total. The third-order valence-electron chi connectivity index (χ3n) is 4.77. The summed E-state index contributed by atoms with van der Waals surface area (Å²) in [6.07, 6.45) is 0. The van der Waals surface area contributed by atoms with Gasteiger partial charge in [-0.25, -0.2) is 0 Å². The summed E-state index contributed by atoms with van der Waals surface area (Å²) in [5.74, 6) is 0. The van der Waals surface area contributed by atoms with Crippen molar-refractivity contribution < 1.29 is 14.4 Å². The number of pyridine rings is 1. The number of hydrogen-bond acceptors (Lipinski definition) is 3. The number of nitrogens with one attached hydrogen (secondary N) is 2. The predicted molar refractivity (Wildman–Crippen MR) is 96.9 cm³/mol. The van der Waals surface area contributed by atoms with Crippen LogP contribution in [0, 0.1) is 20.8 Å². The van der Waals surface area contributed by atoms with E-state index in [0.717, 1.165) is 40.8 Å². The van der Waals surface area contributed by atoms with Crippen LogP contribution in [0.5, 0.6) is 0 Å². The second kappa shape index (κ2) is 8.42. The molecule has 1 aromatic carbocycles. The molecule has 0 amide bonds. The van der Waals surface area contributed by atoms with Crippen molar-refractivity contribution in [3.8, 4) is 0 Å². The molecule has 0 spiro atoms. The number of aromatic amines is 1. The van der Waals surface area contributed by atoms with Crippen molar-refractivity contribution >= 4 is 10.9 Å². The van der Waals surface area contributed by atoms with Crippen LogP contribution in [-0.4, -0.2) is 45.5 Å². The van der Waals surface area contributed by atoms with Crippen molar-refractivity contribution in [2.75, 3.05) is 40.5 Å². The maximum absolute atomic E-state index is 13.0. The molecule has 0 unspecified atom stereocenters. The van der Waals surface area contributed by atoms with Gasteiger partial charge in [0.2, 0.25) is 0 Å². The number of aryl methyl sites for hydroxylation is 3. The van der Waals surface area contributed by atoms with E-state index in [4.69, 9.17) is 9.47 Å². The number of quaternary nitrogens is 1. The molecular formula is C19H29N2O3+. The number of methoxy groups -OCH3 is 2. The smallest absolute Gasteiger partial charge is 0.198 e. The standard InChI is InChI=1S/C19H28N2O3/c1-13-6-7-16-18(14(13)2)20-15(3)17(19(16)22)12-21(8-10-23-4)9-11-24-5/h6-7H,8-12H2,1-5H3,(H,20,22)/p+1. The van der Waals surface area contributed by atoms with Crippen LogP contribution in [0.15, 0.2) is 16.9 Å². The Balaban J connectivity index is 2.40. The molecule has 0 aliphatic rings. The lowest BCUT2D eigenvalue weighted by Crippen LogP contribution is -3.12. The first-order valence-corrected chi connectivity index (χ1v) is 8.42. The summed E-state index contributed by atoms with van der Waals surface area (Å²) >= 11 is 0. The van der Waals surface area contributed by atoms with Gasteiger partial charge in [-0.2, -0.15) is 0 Å². The van der Waals surface area contributed by atoms with Gasteiger partial charge < -0.3 is 19.4 Å². The summed E-state index contributed by atoms with van der Waals surface area (Å²) in [4.78, 5) is 17.7. The van der Waals surface area contributed by atoms with Gasteiger partial charge in [-0.3, -0.25) is 4.79 Å². The fraction of sp³-hybridized carbons (Fsp3) is 0.526. The molecule has 5 heteroatoms. The van der Waals surface area contributed by atoms with Gasteiger partial charge in [-0.05, 0) is 38.0 Å². The maximum Gasteiger partial charge on any atom is 0.198 e. The van der Waals surface area contributed by atoms with Gasteiger partial charge in [0.15, 0.2) is 5.43 Å². The highest BCUT2D eigenvalue weighted by Crippen LogP contribution is 2.18. The zero-order valence-corrected chi connectivity index (χ0v) is 15.4. The monoisotopic (exact) mass is 333 g/mol. The van der Waals surface area contributed by atoms with E-state index in [9.17, 15) is 4.79 Å². The molecule has 0 saturated heterocycles. The number of ether oxygens (including phenoxy) is 2. The van der Waals surface area contributed by atoms with Crippen LogP contribution in [0.3, 0.4) is 0 Å². The number of aromatic nitrogens is 1. The van der Waals surface area contributed by atoms with Crippen molar-refractivity contribution in [2.45, 2.75) is 27.3 Å². The average molecular weight is 333 g/mol. The maximum atomic E-state index is 13.0. The highest BCUT2D eigenvalue weighted by molar-refractivity contribution is 5.83. The number of H-pyrrole nitrogens is 1. The third kappa shape index (κ3) is 4.04. The lowest BCUT2D eigenvalue weighted by Gasteiger charge is -2.20. The molecule has 2 aromatic rings. The normalized spacial score (nSPS) is 11.6. The van der Waals surface area contributed by atoms with Crippen molar-refractivity contribution in [3.63, 3.8) is 0 Å². The number of rotatable bonds is 8. The molecule has 1 aromatic heterocycles. The summed E-state index contributed by atoms with van der Waals surface area (Å²) in [5, 5.41) is 0.775. The van der Waals surface area contributed by atoms with Crippen LogP contribution in [0.4, 0.5) is 0 Å². The summed E-state index contributed by atoms with van der Waals surface area (Å²) in [7, 11) is 3.40. The first-order chi connectivity index (χ1) is 11.5. The van der Waals surface area contributed by atoms with Crippen LogP contribution < -0.4 is 10.3 Å². The van der Waals surface area contributed by atoms with E-state index >= 15 is 0 Å². The first-order valence-electron chi connectivity index (χ1n) is 8.42. The van der Waals surface area contributed by atoms with Crippen molar-refractivity contribution in [1.29, 1.82) is 0 Å².